The molecule has 0 unspecified atom stereocenters. The van der Waals surface area contributed by atoms with Crippen LogP contribution < -0.4 is 10.5 Å². The summed E-state index contributed by atoms with van der Waals surface area (Å²) < 4.78 is 7.08. The smallest absolute Gasteiger partial charge is 0.137 e. The lowest BCUT2D eigenvalue weighted by Gasteiger charge is -2.06. The Balaban J connectivity index is 2.12. The molecule has 0 atom stereocenters. The zero-order valence-electron chi connectivity index (χ0n) is 9.29. The van der Waals surface area contributed by atoms with E-state index in [0.717, 1.165) is 0 Å². The van der Waals surface area contributed by atoms with Gasteiger partial charge in [-0.2, -0.15) is 5.26 Å². The molecule has 17 heavy (non-hydrogen) atoms. The second kappa shape index (κ2) is 4.53. The minimum Gasteiger partial charge on any atom is -0.486 e. The maximum Gasteiger partial charge on any atom is 0.137 e. The molecule has 0 spiro atoms. The standard InChI is InChI=1S/C11H11N5O/c1-16-6-10(14-15-16)7-17-11-3-2-9(13)4-8(11)5-12/h2-4,6H,7,13H2,1H3. The lowest BCUT2D eigenvalue weighted by molar-refractivity contribution is 0.300. The van der Waals surface area contributed by atoms with Gasteiger partial charge in [0.15, 0.2) is 0 Å². The molecule has 0 aliphatic heterocycles. The molecule has 0 saturated heterocycles. The molecule has 0 amide bonds. The van der Waals surface area contributed by atoms with Crippen LogP contribution in [0, 0.1) is 11.3 Å². The molecule has 2 aromatic rings. The van der Waals surface area contributed by atoms with Crippen LogP contribution in [0.5, 0.6) is 5.75 Å². The maximum atomic E-state index is 8.93. The molecule has 2 N–H and O–H groups in total. The van der Waals surface area contributed by atoms with E-state index in [1.54, 1.807) is 36.1 Å². The summed E-state index contributed by atoms with van der Waals surface area (Å²) in [6.07, 6.45) is 1.75. The monoisotopic (exact) mass is 229 g/mol. The van der Waals surface area contributed by atoms with E-state index < -0.39 is 0 Å². The molecule has 0 aliphatic carbocycles. The average molecular weight is 229 g/mol. The van der Waals surface area contributed by atoms with E-state index >= 15 is 0 Å². The van der Waals surface area contributed by atoms with Gasteiger partial charge in [-0.25, -0.2) is 0 Å². The van der Waals surface area contributed by atoms with Gasteiger partial charge in [-0.05, 0) is 18.2 Å². The summed E-state index contributed by atoms with van der Waals surface area (Å²) in [6.45, 7) is 0.270. The summed E-state index contributed by atoms with van der Waals surface area (Å²) in [7, 11) is 1.78. The van der Waals surface area contributed by atoms with Crippen LogP contribution in [0.3, 0.4) is 0 Å². The van der Waals surface area contributed by atoms with Crippen molar-refractivity contribution in [3.63, 3.8) is 0 Å². The number of benzene rings is 1. The van der Waals surface area contributed by atoms with E-state index in [0.29, 0.717) is 22.7 Å². The van der Waals surface area contributed by atoms with Crippen LogP contribution >= 0.6 is 0 Å². The summed E-state index contributed by atoms with van der Waals surface area (Å²) in [6, 6.07) is 6.97. The van der Waals surface area contributed by atoms with Gasteiger partial charge in [0.25, 0.3) is 0 Å². The number of anilines is 1. The second-order valence-corrected chi connectivity index (χ2v) is 3.54. The van der Waals surface area contributed by atoms with Crippen LogP contribution in [-0.4, -0.2) is 15.0 Å². The van der Waals surface area contributed by atoms with Crippen molar-refractivity contribution in [1.82, 2.24) is 15.0 Å². The predicted octanol–water partition coefficient (Wildman–Crippen LogP) is 0.848. The topological polar surface area (TPSA) is 89.8 Å². The molecule has 6 nitrogen and oxygen atoms in total. The van der Waals surface area contributed by atoms with Crippen molar-refractivity contribution >= 4 is 5.69 Å². The lowest BCUT2D eigenvalue weighted by atomic mass is 10.2. The van der Waals surface area contributed by atoms with Crippen LogP contribution in [0.25, 0.3) is 0 Å². The highest BCUT2D eigenvalue weighted by Gasteiger charge is 2.05. The quantitative estimate of drug-likeness (QED) is 0.788. The molecule has 2 rings (SSSR count). The molecule has 86 valence electrons. The number of nitriles is 1. The Morgan fingerprint density at radius 3 is 3.00 bits per heavy atom. The average Bonchev–Trinajstić information content (AvgIpc) is 2.73. The molecule has 0 radical (unpaired) electrons. The van der Waals surface area contributed by atoms with Crippen LogP contribution in [-0.2, 0) is 13.7 Å². The number of hydrogen-bond acceptors (Lipinski definition) is 5. The van der Waals surface area contributed by atoms with Gasteiger partial charge in [-0.3, -0.25) is 4.68 Å². The van der Waals surface area contributed by atoms with Gasteiger partial charge in [0.05, 0.1) is 11.8 Å². The van der Waals surface area contributed by atoms with E-state index in [2.05, 4.69) is 10.3 Å². The highest BCUT2D eigenvalue weighted by Crippen LogP contribution is 2.21. The summed E-state index contributed by atoms with van der Waals surface area (Å²) in [5.41, 5.74) is 7.23. The third-order valence-electron chi connectivity index (χ3n) is 2.15. The van der Waals surface area contributed by atoms with Crippen LogP contribution in [0.2, 0.25) is 0 Å². The van der Waals surface area contributed by atoms with Crippen LogP contribution in [0.15, 0.2) is 24.4 Å². The number of rotatable bonds is 3. The first-order valence-electron chi connectivity index (χ1n) is 4.96. The van der Waals surface area contributed by atoms with Crippen LogP contribution in [0.4, 0.5) is 5.69 Å². The summed E-state index contributed by atoms with van der Waals surface area (Å²) in [5.74, 6) is 0.493. The molecule has 1 heterocycles. The van der Waals surface area contributed by atoms with Crippen molar-refractivity contribution in [2.24, 2.45) is 7.05 Å². The van der Waals surface area contributed by atoms with Gasteiger partial charge in [0.1, 0.15) is 24.1 Å². The van der Waals surface area contributed by atoms with Crippen molar-refractivity contribution in [3.8, 4) is 11.8 Å². The first kappa shape index (κ1) is 11.0. The van der Waals surface area contributed by atoms with Gasteiger partial charge >= 0.3 is 0 Å². The molecule has 0 aliphatic rings. The Labute approximate surface area is 98.2 Å². The normalized spacial score (nSPS) is 9.88. The minimum atomic E-state index is 0.270. The Kier molecular flexibility index (Phi) is 2.92. The van der Waals surface area contributed by atoms with E-state index in [-0.39, 0.29) is 6.61 Å². The number of ether oxygens (including phenoxy) is 1. The lowest BCUT2D eigenvalue weighted by Crippen LogP contribution is -1.98. The van der Waals surface area contributed by atoms with E-state index in [9.17, 15) is 0 Å². The molecule has 0 bridgehead atoms. The van der Waals surface area contributed by atoms with Crippen molar-refractivity contribution in [1.29, 1.82) is 5.26 Å². The fourth-order valence-corrected chi connectivity index (χ4v) is 1.37. The summed E-state index contributed by atoms with van der Waals surface area (Å²) in [4.78, 5) is 0. The Morgan fingerprint density at radius 1 is 1.53 bits per heavy atom. The molecule has 1 aromatic heterocycles. The Morgan fingerprint density at radius 2 is 2.35 bits per heavy atom. The minimum absolute atomic E-state index is 0.270. The first-order chi connectivity index (χ1) is 8.19. The van der Waals surface area contributed by atoms with E-state index in [1.165, 1.54) is 0 Å². The third kappa shape index (κ3) is 2.52. The highest BCUT2D eigenvalue weighted by molar-refractivity contribution is 5.53. The van der Waals surface area contributed by atoms with Crippen LogP contribution in [0.1, 0.15) is 11.3 Å². The maximum absolute atomic E-state index is 8.93. The Hall–Kier alpha value is -2.55. The van der Waals surface area contributed by atoms with Gasteiger partial charge in [-0.15, -0.1) is 5.10 Å². The van der Waals surface area contributed by atoms with Gasteiger partial charge in [0, 0.05) is 12.7 Å². The molecule has 6 heteroatoms. The van der Waals surface area contributed by atoms with Crippen molar-refractivity contribution in [3.05, 3.63) is 35.7 Å². The Bertz CT molecular complexity index is 569. The molecular formula is C11H11N5O. The van der Waals surface area contributed by atoms with Gasteiger partial charge < -0.3 is 10.5 Å². The van der Waals surface area contributed by atoms with Crippen molar-refractivity contribution in [2.75, 3.05) is 5.73 Å². The number of nitrogen functional groups attached to an aromatic ring is 1. The number of nitrogens with zero attached hydrogens (tertiary/aromatic N) is 4. The molecule has 0 saturated carbocycles. The SMILES string of the molecule is Cn1cc(COc2ccc(N)cc2C#N)nn1. The first-order valence-corrected chi connectivity index (χ1v) is 4.96. The fourth-order valence-electron chi connectivity index (χ4n) is 1.37. The number of hydrogen-bond donors (Lipinski definition) is 1. The number of aromatic nitrogens is 3. The zero-order chi connectivity index (χ0) is 12.3. The van der Waals surface area contributed by atoms with Gasteiger partial charge in [-0.1, -0.05) is 5.21 Å². The van der Waals surface area contributed by atoms with E-state index in [4.69, 9.17) is 15.7 Å². The number of aryl methyl sites for hydroxylation is 1. The second-order valence-electron chi connectivity index (χ2n) is 3.54. The largest absolute Gasteiger partial charge is 0.486 e. The van der Waals surface area contributed by atoms with Crippen molar-refractivity contribution in [2.45, 2.75) is 6.61 Å². The summed E-state index contributed by atoms with van der Waals surface area (Å²) in [5, 5.41) is 16.6. The van der Waals surface area contributed by atoms with Crippen molar-refractivity contribution < 1.29 is 4.74 Å². The van der Waals surface area contributed by atoms with E-state index in [1.807, 2.05) is 6.07 Å². The number of nitrogens with two attached hydrogens (primary N) is 1. The predicted molar refractivity (Wildman–Crippen MR) is 60.9 cm³/mol. The third-order valence-corrected chi connectivity index (χ3v) is 2.15. The fraction of sp³-hybridized carbons (Fsp3) is 0.182. The van der Waals surface area contributed by atoms with Gasteiger partial charge in [0.2, 0.25) is 0 Å². The highest BCUT2D eigenvalue weighted by atomic mass is 16.5. The molecule has 1 aromatic carbocycles. The zero-order valence-corrected chi connectivity index (χ0v) is 9.29. The molecular weight excluding hydrogens is 218 g/mol. The molecule has 0 fully saturated rings. The summed E-state index contributed by atoms with van der Waals surface area (Å²) >= 11 is 0.